The maximum atomic E-state index is 6.16. The number of hydrogen-bond acceptors (Lipinski definition) is 4. The fourth-order valence-corrected chi connectivity index (χ4v) is 4.75. The first-order valence-corrected chi connectivity index (χ1v) is 11.9. The molecular weight excluding hydrogens is 527 g/mol. The van der Waals surface area contributed by atoms with Crippen LogP contribution in [-0.4, -0.2) is 51.9 Å². The SMILES string of the molecule is CCNC(=NCC1CCCOC1c1ccccc1)NC1CCN(c2ccccc2OC)C1.I. The Morgan fingerprint density at radius 1 is 1.12 bits per heavy atom. The second kappa shape index (κ2) is 13.0. The van der Waals surface area contributed by atoms with Gasteiger partial charge < -0.3 is 25.0 Å². The van der Waals surface area contributed by atoms with Crippen LogP contribution < -0.4 is 20.3 Å². The number of halogens is 1. The van der Waals surface area contributed by atoms with E-state index in [2.05, 4.69) is 64.9 Å². The number of anilines is 1. The number of nitrogens with zero attached hydrogens (tertiary/aromatic N) is 2. The van der Waals surface area contributed by atoms with Crippen LogP contribution in [0.15, 0.2) is 59.6 Å². The Morgan fingerprint density at radius 3 is 2.70 bits per heavy atom. The molecular formula is C26H37IN4O2. The van der Waals surface area contributed by atoms with Crippen LogP contribution >= 0.6 is 24.0 Å². The number of ether oxygens (including phenoxy) is 2. The quantitative estimate of drug-likeness (QED) is 0.292. The number of hydrogen-bond donors (Lipinski definition) is 2. The molecule has 3 unspecified atom stereocenters. The van der Waals surface area contributed by atoms with Gasteiger partial charge in [0.2, 0.25) is 0 Å². The molecule has 180 valence electrons. The Labute approximate surface area is 215 Å². The fraction of sp³-hybridized carbons (Fsp3) is 0.500. The summed E-state index contributed by atoms with van der Waals surface area (Å²) in [7, 11) is 1.73. The van der Waals surface area contributed by atoms with Gasteiger partial charge >= 0.3 is 0 Å². The molecule has 0 radical (unpaired) electrons. The molecule has 3 atom stereocenters. The van der Waals surface area contributed by atoms with E-state index in [-0.39, 0.29) is 30.1 Å². The van der Waals surface area contributed by atoms with Gasteiger partial charge in [0.05, 0.1) is 18.9 Å². The lowest BCUT2D eigenvalue weighted by molar-refractivity contribution is -0.0250. The van der Waals surface area contributed by atoms with Crippen molar-refractivity contribution in [2.45, 2.75) is 38.3 Å². The van der Waals surface area contributed by atoms with Crippen molar-refractivity contribution >= 4 is 35.6 Å². The molecule has 2 aromatic carbocycles. The zero-order valence-corrected chi connectivity index (χ0v) is 22.0. The van der Waals surface area contributed by atoms with Crippen LogP contribution in [0.25, 0.3) is 0 Å². The highest BCUT2D eigenvalue weighted by Crippen LogP contribution is 2.34. The topological polar surface area (TPSA) is 58.1 Å². The predicted octanol–water partition coefficient (Wildman–Crippen LogP) is 4.61. The van der Waals surface area contributed by atoms with Crippen molar-refractivity contribution in [1.29, 1.82) is 0 Å². The highest BCUT2D eigenvalue weighted by atomic mass is 127. The van der Waals surface area contributed by atoms with Crippen molar-refractivity contribution in [3.05, 3.63) is 60.2 Å². The van der Waals surface area contributed by atoms with Gasteiger partial charge in [0.15, 0.2) is 5.96 Å². The molecule has 0 amide bonds. The summed E-state index contributed by atoms with van der Waals surface area (Å²) in [5, 5.41) is 7.10. The molecule has 2 N–H and O–H groups in total. The second-order valence-corrected chi connectivity index (χ2v) is 8.57. The number of nitrogens with one attached hydrogen (secondary N) is 2. The number of benzene rings is 2. The molecule has 0 aromatic heterocycles. The van der Waals surface area contributed by atoms with E-state index in [0.29, 0.717) is 12.0 Å². The van der Waals surface area contributed by atoms with E-state index in [1.54, 1.807) is 7.11 Å². The number of para-hydroxylation sites is 2. The first-order chi connectivity index (χ1) is 15.8. The van der Waals surface area contributed by atoms with Gasteiger partial charge in [0.25, 0.3) is 0 Å². The summed E-state index contributed by atoms with van der Waals surface area (Å²) in [6.45, 7) is 6.49. The van der Waals surface area contributed by atoms with Crippen LogP contribution in [0.5, 0.6) is 5.75 Å². The molecule has 0 saturated carbocycles. The van der Waals surface area contributed by atoms with Crippen LogP contribution in [-0.2, 0) is 4.74 Å². The summed E-state index contributed by atoms with van der Waals surface area (Å²) in [5.41, 5.74) is 2.42. The van der Waals surface area contributed by atoms with Gasteiger partial charge in [-0.3, -0.25) is 4.99 Å². The molecule has 2 heterocycles. The van der Waals surface area contributed by atoms with Crippen molar-refractivity contribution in [2.75, 3.05) is 44.8 Å². The summed E-state index contributed by atoms with van der Waals surface area (Å²) in [6.07, 6.45) is 3.45. The van der Waals surface area contributed by atoms with Crippen LogP contribution in [0.3, 0.4) is 0 Å². The Bertz CT molecular complexity index is 880. The molecule has 2 saturated heterocycles. The molecule has 2 fully saturated rings. The van der Waals surface area contributed by atoms with Gasteiger partial charge in [-0.2, -0.15) is 0 Å². The van der Waals surface area contributed by atoms with Crippen molar-refractivity contribution in [3.8, 4) is 5.75 Å². The normalized spacial score (nSPS) is 23.0. The van der Waals surface area contributed by atoms with Gasteiger partial charge in [-0.05, 0) is 43.9 Å². The third-order valence-corrected chi connectivity index (χ3v) is 6.36. The van der Waals surface area contributed by atoms with Crippen LogP contribution in [0.2, 0.25) is 0 Å². The first-order valence-electron chi connectivity index (χ1n) is 11.9. The van der Waals surface area contributed by atoms with Crippen molar-refractivity contribution in [1.82, 2.24) is 10.6 Å². The summed E-state index contributed by atoms with van der Waals surface area (Å²) in [4.78, 5) is 7.37. The van der Waals surface area contributed by atoms with Gasteiger partial charge in [0.1, 0.15) is 5.75 Å². The minimum Gasteiger partial charge on any atom is -0.495 e. The third-order valence-electron chi connectivity index (χ3n) is 6.36. The second-order valence-electron chi connectivity index (χ2n) is 8.57. The Hall–Kier alpha value is -2.00. The van der Waals surface area contributed by atoms with E-state index < -0.39 is 0 Å². The molecule has 0 spiro atoms. The molecule has 2 aliphatic heterocycles. The maximum absolute atomic E-state index is 6.16. The molecule has 0 aliphatic carbocycles. The summed E-state index contributed by atoms with van der Waals surface area (Å²) >= 11 is 0. The number of rotatable bonds is 7. The minimum absolute atomic E-state index is 0. The average molecular weight is 565 g/mol. The van der Waals surface area contributed by atoms with Gasteiger partial charge in [-0.15, -0.1) is 24.0 Å². The monoisotopic (exact) mass is 564 g/mol. The van der Waals surface area contributed by atoms with Gasteiger partial charge in [-0.25, -0.2) is 0 Å². The molecule has 7 heteroatoms. The number of methoxy groups -OCH3 is 1. The predicted molar refractivity (Wildman–Crippen MR) is 146 cm³/mol. The lowest BCUT2D eigenvalue weighted by Crippen LogP contribution is -2.45. The number of guanidine groups is 1. The average Bonchev–Trinajstić information content (AvgIpc) is 3.31. The first kappa shape index (κ1) is 25.6. The molecule has 4 rings (SSSR count). The molecule has 33 heavy (non-hydrogen) atoms. The Balaban J connectivity index is 0.00000306. The van der Waals surface area contributed by atoms with Crippen molar-refractivity contribution < 1.29 is 9.47 Å². The summed E-state index contributed by atoms with van der Waals surface area (Å²) < 4.78 is 11.7. The maximum Gasteiger partial charge on any atom is 0.191 e. The lowest BCUT2D eigenvalue weighted by atomic mass is 9.89. The Kier molecular flexibility index (Phi) is 10.1. The molecule has 2 aliphatic rings. The van der Waals surface area contributed by atoms with E-state index in [1.807, 2.05) is 12.1 Å². The van der Waals surface area contributed by atoms with Crippen molar-refractivity contribution in [2.24, 2.45) is 10.9 Å². The van der Waals surface area contributed by atoms with Crippen LogP contribution in [0.4, 0.5) is 5.69 Å². The fourth-order valence-electron chi connectivity index (χ4n) is 4.75. The largest absolute Gasteiger partial charge is 0.495 e. The standard InChI is InChI=1S/C26H36N4O2.HI/c1-3-27-26(28-18-21-12-9-17-32-25(21)20-10-5-4-6-11-20)29-22-15-16-30(19-22)23-13-7-8-14-24(23)31-2;/h4-8,10-11,13-14,21-22,25H,3,9,12,15-19H2,1-2H3,(H2,27,28,29);1H. The van der Waals surface area contributed by atoms with E-state index in [9.17, 15) is 0 Å². The molecule has 2 aromatic rings. The third kappa shape index (κ3) is 6.76. The smallest absolute Gasteiger partial charge is 0.191 e. The highest BCUT2D eigenvalue weighted by Gasteiger charge is 2.28. The summed E-state index contributed by atoms with van der Waals surface area (Å²) in [6, 6.07) is 19.2. The zero-order valence-electron chi connectivity index (χ0n) is 19.7. The molecule has 6 nitrogen and oxygen atoms in total. The van der Waals surface area contributed by atoms with E-state index in [1.165, 1.54) is 5.56 Å². The lowest BCUT2D eigenvalue weighted by Gasteiger charge is -2.31. The van der Waals surface area contributed by atoms with Gasteiger partial charge in [0, 0.05) is 44.7 Å². The van der Waals surface area contributed by atoms with Crippen molar-refractivity contribution in [3.63, 3.8) is 0 Å². The number of aliphatic imine (C=N–C) groups is 1. The van der Waals surface area contributed by atoms with Gasteiger partial charge in [-0.1, -0.05) is 42.5 Å². The van der Waals surface area contributed by atoms with E-state index in [4.69, 9.17) is 14.5 Å². The Morgan fingerprint density at radius 2 is 1.91 bits per heavy atom. The van der Waals surface area contributed by atoms with Crippen LogP contribution in [0, 0.1) is 5.92 Å². The molecule has 0 bridgehead atoms. The van der Waals surface area contributed by atoms with E-state index in [0.717, 1.165) is 69.4 Å². The zero-order chi connectivity index (χ0) is 22.2. The highest BCUT2D eigenvalue weighted by molar-refractivity contribution is 14.0. The summed E-state index contributed by atoms with van der Waals surface area (Å²) in [5.74, 6) is 2.23. The van der Waals surface area contributed by atoms with E-state index >= 15 is 0 Å². The van der Waals surface area contributed by atoms with Crippen LogP contribution in [0.1, 0.15) is 37.9 Å². The minimum atomic E-state index is 0.